The smallest absolute Gasteiger partial charge is 0.263 e. The molecule has 2 N–H and O–H groups in total. The van der Waals surface area contributed by atoms with Crippen molar-refractivity contribution in [2.45, 2.75) is 18.4 Å². The summed E-state index contributed by atoms with van der Waals surface area (Å²) in [4.78, 5) is 0.921. The summed E-state index contributed by atoms with van der Waals surface area (Å²) in [7, 11) is -1.99. The first-order chi connectivity index (χ1) is 9.85. The van der Waals surface area contributed by atoms with Gasteiger partial charge in [0, 0.05) is 11.4 Å². The van der Waals surface area contributed by atoms with Gasteiger partial charge in [-0.25, -0.2) is 12.8 Å². The number of thiophene rings is 1. The van der Waals surface area contributed by atoms with Gasteiger partial charge in [-0.05, 0) is 59.0 Å². The van der Waals surface area contributed by atoms with Gasteiger partial charge in [-0.15, -0.1) is 11.3 Å². The molecule has 0 saturated carbocycles. The molecule has 0 radical (unpaired) electrons. The van der Waals surface area contributed by atoms with Crippen LogP contribution in [0.25, 0.3) is 0 Å². The molecule has 0 atom stereocenters. The quantitative estimate of drug-likeness (QED) is 0.818. The number of hydrogen-bond donors (Lipinski definition) is 2. The second-order valence-electron chi connectivity index (χ2n) is 4.43. The van der Waals surface area contributed by atoms with Gasteiger partial charge in [-0.1, -0.05) is 0 Å². The highest BCUT2D eigenvalue weighted by molar-refractivity contribution is 9.10. The molecule has 114 valence electrons. The van der Waals surface area contributed by atoms with Gasteiger partial charge >= 0.3 is 0 Å². The Labute approximate surface area is 135 Å². The summed E-state index contributed by atoms with van der Waals surface area (Å²) in [5.41, 5.74) is 0.870. The van der Waals surface area contributed by atoms with Crippen LogP contribution >= 0.6 is 27.3 Å². The number of hydrogen-bond acceptors (Lipinski definition) is 4. The minimum absolute atomic E-state index is 0.213. The normalized spacial score (nSPS) is 11.6. The fraction of sp³-hybridized carbons (Fsp3) is 0.231. The SMILES string of the molecule is CNCc1sccc1S(=O)(=O)Nc1cc(F)c(Br)cc1C. The average Bonchev–Trinajstić information content (AvgIpc) is 2.85. The topological polar surface area (TPSA) is 58.2 Å². The van der Waals surface area contributed by atoms with Crippen LogP contribution < -0.4 is 10.0 Å². The van der Waals surface area contributed by atoms with Gasteiger partial charge in [-0.2, -0.15) is 0 Å². The molecule has 2 rings (SSSR count). The zero-order valence-corrected chi connectivity index (χ0v) is 14.6. The molecule has 0 spiro atoms. The van der Waals surface area contributed by atoms with E-state index in [0.717, 1.165) is 0 Å². The first-order valence-corrected chi connectivity index (χ1v) is 9.20. The summed E-state index contributed by atoms with van der Waals surface area (Å²) in [6.07, 6.45) is 0. The van der Waals surface area contributed by atoms with E-state index >= 15 is 0 Å². The van der Waals surface area contributed by atoms with Gasteiger partial charge in [0.2, 0.25) is 0 Å². The lowest BCUT2D eigenvalue weighted by Gasteiger charge is -2.12. The third kappa shape index (κ3) is 3.63. The van der Waals surface area contributed by atoms with Gasteiger partial charge in [-0.3, -0.25) is 4.72 Å². The van der Waals surface area contributed by atoms with Crippen LogP contribution in [0.3, 0.4) is 0 Å². The molecule has 0 aliphatic heterocycles. The summed E-state index contributed by atoms with van der Waals surface area (Å²) < 4.78 is 41.2. The van der Waals surface area contributed by atoms with Crippen molar-refractivity contribution in [3.63, 3.8) is 0 Å². The van der Waals surface area contributed by atoms with Crippen LogP contribution in [0.15, 0.2) is 32.9 Å². The Morgan fingerprint density at radius 3 is 2.76 bits per heavy atom. The fourth-order valence-corrected chi connectivity index (χ4v) is 4.85. The standard InChI is InChI=1S/C13H14BrFN2O2S2/c1-8-5-9(14)10(15)6-11(8)17-21(18,19)13-3-4-20-12(13)7-16-2/h3-6,16-17H,7H2,1-2H3. The van der Waals surface area contributed by atoms with Crippen molar-refractivity contribution in [2.75, 3.05) is 11.8 Å². The Morgan fingerprint density at radius 2 is 2.10 bits per heavy atom. The van der Waals surface area contributed by atoms with Crippen molar-refractivity contribution in [3.8, 4) is 0 Å². The number of halogens is 2. The van der Waals surface area contributed by atoms with Crippen molar-refractivity contribution < 1.29 is 12.8 Å². The van der Waals surface area contributed by atoms with Gasteiger partial charge in [0.05, 0.1) is 10.2 Å². The molecule has 0 bridgehead atoms. The van der Waals surface area contributed by atoms with Crippen LogP contribution in [-0.4, -0.2) is 15.5 Å². The maximum atomic E-state index is 13.6. The van der Waals surface area contributed by atoms with Gasteiger partial charge in [0.1, 0.15) is 10.7 Å². The molecular formula is C13H14BrFN2O2S2. The van der Waals surface area contributed by atoms with Crippen molar-refractivity contribution in [1.29, 1.82) is 0 Å². The molecule has 0 aliphatic carbocycles. The predicted molar refractivity (Wildman–Crippen MR) is 86.7 cm³/mol. The van der Waals surface area contributed by atoms with Crippen molar-refractivity contribution >= 4 is 43.0 Å². The molecule has 0 saturated heterocycles. The average molecular weight is 393 g/mol. The van der Waals surface area contributed by atoms with Gasteiger partial charge < -0.3 is 5.32 Å². The molecule has 21 heavy (non-hydrogen) atoms. The monoisotopic (exact) mass is 392 g/mol. The minimum atomic E-state index is -3.74. The molecule has 2 aromatic rings. The lowest BCUT2D eigenvalue weighted by molar-refractivity contribution is 0.599. The Bertz CT molecular complexity index is 760. The maximum Gasteiger partial charge on any atom is 0.263 e. The molecule has 1 aromatic heterocycles. The van der Waals surface area contributed by atoms with Crippen LogP contribution in [0.4, 0.5) is 10.1 Å². The summed E-state index contributed by atoms with van der Waals surface area (Å²) in [6, 6.07) is 4.25. The zero-order chi connectivity index (χ0) is 15.6. The molecule has 0 aliphatic rings. The van der Waals surface area contributed by atoms with Gasteiger partial charge in [0.15, 0.2) is 0 Å². The highest BCUT2D eigenvalue weighted by Gasteiger charge is 2.21. The van der Waals surface area contributed by atoms with E-state index in [1.54, 1.807) is 25.4 Å². The molecule has 0 amide bonds. The van der Waals surface area contributed by atoms with E-state index in [2.05, 4.69) is 26.0 Å². The molecule has 0 fully saturated rings. The number of sulfonamides is 1. The van der Waals surface area contributed by atoms with E-state index in [0.29, 0.717) is 21.5 Å². The number of nitrogens with one attached hydrogen (secondary N) is 2. The second-order valence-corrected chi connectivity index (χ2v) is 7.93. The maximum absolute atomic E-state index is 13.6. The largest absolute Gasteiger partial charge is 0.315 e. The van der Waals surface area contributed by atoms with Crippen LogP contribution in [-0.2, 0) is 16.6 Å². The molecule has 4 nitrogen and oxygen atoms in total. The highest BCUT2D eigenvalue weighted by Crippen LogP contribution is 2.28. The van der Waals surface area contributed by atoms with Crippen LogP contribution in [0.5, 0.6) is 0 Å². The number of rotatable bonds is 5. The van der Waals surface area contributed by atoms with Crippen molar-refractivity contribution in [2.24, 2.45) is 0 Å². The first-order valence-electron chi connectivity index (χ1n) is 6.04. The zero-order valence-electron chi connectivity index (χ0n) is 11.4. The second kappa shape index (κ2) is 6.43. The lowest BCUT2D eigenvalue weighted by atomic mass is 10.2. The van der Waals surface area contributed by atoms with E-state index in [9.17, 15) is 12.8 Å². The van der Waals surface area contributed by atoms with Gasteiger partial charge in [0.25, 0.3) is 10.0 Å². The molecule has 0 unspecified atom stereocenters. The van der Waals surface area contributed by atoms with E-state index < -0.39 is 15.8 Å². The Hall–Kier alpha value is -0.960. The minimum Gasteiger partial charge on any atom is -0.315 e. The number of anilines is 1. The number of aryl methyl sites for hydroxylation is 1. The Balaban J connectivity index is 2.38. The lowest BCUT2D eigenvalue weighted by Crippen LogP contribution is -2.16. The van der Waals surface area contributed by atoms with Crippen molar-refractivity contribution in [3.05, 3.63) is 44.3 Å². The molecule has 1 aromatic carbocycles. The van der Waals surface area contributed by atoms with E-state index in [-0.39, 0.29) is 10.6 Å². The summed E-state index contributed by atoms with van der Waals surface area (Å²) in [6.45, 7) is 2.17. The third-order valence-corrected chi connectivity index (χ3v) is 5.95. The molecular weight excluding hydrogens is 379 g/mol. The summed E-state index contributed by atoms with van der Waals surface area (Å²) >= 11 is 4.43. The summed E-state index contributed by atoms with van der Waals surface area (Å²) in [5.74, 6) is -0.515. The Kier molecular flexibility index (Phi) is 5.03. The molecule has 1 heterocycles. The highest BCUT2D eigenvalue weighted by atomic mass is 79.9. The first kappa shape index (κ1) is 16.4. The fourth-order valence-electron chi connectivity index (χ4n) is 1.81. The van der Waals surface area contributed by atoms with Crippen LogP contribution in [0, 0.1) is 12.7 Å². The molecule has 8 heteroatoms. The Morgan fingerprint density at radius 1 is 1.38 bits per heavy atom. The number of benzene rings is 1. The van der Waals surface area contributed by atoms with Crippen LogP contribution in [0.1, 0.15) is 10.4 Å². The van der Waals surface area contributed by atoms with E-state index in [4.69, 9.17) is 0 Å². The summed E-state index contributed by atoms with van der Waals surface area (Å²) in [5, 5.41) is 4.64. The van der Waals surface area contributed by atoms with E-state index in [1.165, 1.54) is 23.5 Å². The van der Waals surface area contributed by atoms with E-state index in [1.807, 2.05) is 0 Å². The third-order valence-electron chi connectivity index (χ3n) is 2.84. The van der Waals surface area contributed by atoms with Crippen molar-refractivity contribution in [1.82, 2.24) is 5.32 Å². The predicted octanol–water partition coefficient (Wildman–Crippen LogP) is 3.48. The van der Waals surface area contributed by atoms with Crippen LogP contribution in [0.2, 0.25) is 0 Å².